The Hall–Kier alpha value is -2.42. The van der Waals surface area contributed by atoms with Crippen LogP contribution in [0.15, 0.2) is 48.7 Å². The summed E-state index contributed by atoms with van der Waals surface area (Å²) >= 11 is 0. The van der Waals surface area contributed by atoms with Crippen molar-refractivity contribution < 1.29 is 4.74 Å². The van der Waals surface area contributed by atoms with E-state index < -0.39 is 0 Å². The van der Waals surface area contributed by atoms with Gasteiger partial charge < -0.3 is 15.0 Å². The van der Waals surface area contributed by atoms with E-state index in [4.69, 9.17) is 10.5 Å². The first-order valence-corrected chi connectivity index (χ1v) is 7.39. The highest BCUT2D eigenvalue weighted by Gasteiger charge is 2.12. The van der Waals surface area contributed by atoms with Crippen LogP contribution in [-0.2, 0) is 19.4 Å². The second kappa shape index (κ2) is 4.85. The van der Waals surface area contributed by atoms with E-state index in [0.29, 0.717) is 0 Å². The van der Waals surface area contributed by atoms with Gasteiger partial charge in [0.2, 0.25) is 0 Å². The Morgan fingerprint density at radius 3 is 3.05 bits per heavy atom. The number of benzene rings is 2. The lowest BCUT2D eigenvalue weighted by Crippen LogP contribution is -2.02. The molecule has 21 heavy (non-hydrogen) atoms. The van der Waals surface area contributed by atoms with Crippen molar-refractivity contribution in [3.8, 4) is 5.75 Å². The van der Waals surface area contributed by atoms with Crippen molar-refractivity contribution in [2.24, 2.45) is 0 Å². The highest BCUT2D eigenvalue weighted by molar-refractivity contribution is 5.90. The van der Waals surface area contributed by atoms with E-state index in [0.717, 1.165) is 42.9 Å². The molecule has 2 aromatic carbocycles. The van der Waals surface area contributed by atoms with Crippen molar-refractivity contribution in [2.45, 2.75) is 19.4 Å². The number of anilines is 1. The number of para-hydroxylation sites is 1. The fourth-order valence-corrected chi connectivity index (χ4v) is 3.12. The molecule has 0 fully saturated rings. The minimum atomic E-state index is 0.817. The van der Waals surface area contributed by atoms with E-state index in [1.807, 2.05) is 12.1 Å². The number of ether oxygens (including phenoxy) is 1. The first-order chi connectivity index (χ1) is 10.3. The molecule has 0 saturated heterocycles. The lowest BCUT2D eigenvalue weighted by molar-refractivity contribution is 0.357. The highest BCUT2D eigenvalue weighted by Crippen LogP contribution is 2.27. The monoisotopic (exact) mass is 278 g/mol. The number of fused-ring (bicyclic) bond motifs is 2. The summed E-state index contributed by atoms with van der Waals surface area (Å²) in [6, 6.07) is 14.7. The average Bonchev–Trinajstić information content (AvgIpc) is 3.11. The first-order valence-electron chi connectivity index (χ1n) is 7.39. The Labute approximate surface area is 123 Å². The number of hydrogen-bond acceptors (Lipinski definition) is 2. The van der Waals surface area contributed by atoms with Crippen LogP contribution in [0.4, 0.5) is 5.69 Å². The van der Waals surface area contributed by atoms with Crippen LogP contribution in [0, 0.1) is 0 Å². The summed E-state index contributed by atoms with van der Waals surface area (Å²) in [5, 5.41) is 1.21. The van der Waals surface area contributed by atoms with Gasteiger partial charge in [-0.1, -0.05) is 24.3 Å². The fourth-order valence-electron chi connectivity index (χ4n) is 3.12. The van der Waals surface area contributed by atoms with Gasteiger partial charge in [0, 0.05) is 24.5 Å². The van der Waals surface area contributed by atoms with Crippen molar-refractivity contribution in [1.82, 2.24) is 4.57 Å². The van der Waals surface area contributed by atoms with Gasteiger partial charge in [-0.2, -0.15) is 0 Å². The van der Waals surface area contributed by atoms with Crippen LogP contribution in [0.25, 0.3) is 10.9 Å². The number of hydrogen-bond donors (Lipinski definition) is 1. The average molecular weight is 278 g/mol. The Morgan fingerprint density at radius 2 is 2.10 bits per heavy atom. The third kappa shape index (κ3) is 2.15. The molecule has 0 saturated carbocycles. The number of nitrogens with zero attached hydrogens (tertiary/aromatic N) is 1. The van der Waals surface area contributed by atoms with Crippen LogP contribution < -0.4 is 10.5 Å². The molecule has 1 aliphatic heterocycles. The predicted molar refractivity (Wildman–Crippen MR) is 85.7 cm³/mol. The molecule has 1 aliphatic rings. The van der Waals surface area contributed by atoms with Crippen molar-refractivity contribution in [3.63, 3.8) is 0 Å². The second-order valence-electron chi connectivity index (χ2n) is 5.58. The summed E-state index contributed by atoms with van der Waals surface area (Å²) in [4.78, 5) is 0. The Balaban J connectivity index is 1.58. The summed E-state index contributed by atoms with van der Waals surface area (Å²) in [7, 11) is 0. The molecule has 1 aromatic heterocycles. The van der Waals surface area contributed by atoms with Crippen LogP contribution in [0.5, 0.6) is 5.75 Å². The SMILES string of the molecule is Nc1cccc2ccn(CCc3ccc4c(c3)CCO4)c12. The second-order valence-corrected chi connectivity index (χ2v) is 5.58. The van der Waals surface area contributed by atoms with Crippen molar-refractivity contribution in [2.75, 3.05) is 12.3 Å². The Bertz CT molecular complexity index is 804. The van der Waals surface area contributed by atoms with Crippen LogP contribution >= 0.6 is 0 Å². The van der Waals surface area contributed by atoms with E-state index in [-0.39, 0.29) is 0 Å². The quantitative estimate of drug-likeness (QED) is 0.746. The van der Waals surface area contributed by atoms with Crippen LogP contribution in [0.2, 0.25) is 0 Å². The number of aryl methyl sites for hydroxylation is 2. The van der Waals surface area contributed by atoms with E-state index >= 15 is 0 Å². The van der Waals surface area contributed by atoms with Gasteiger partial charge in [-0.25, -0.2) is 0 Å². The molecule has 2 N–H and O–H groups in total. The zero-order chi connectivity index (χ0) is 14.2. The molecule has 0 atom stereocenters. The van der Waals surface area contributed by atoms with Gasteiger partial charge in [0.15, 0.2) is 0 Å². The van der Waals surface area contributed by atoms with Crippen molar-refractivity contribution in [1.29, 1.82) is 0 Å². The summed E-state index contributed by atoms with van der Waals surface area (Å²) in [6.07, 6.45) is 4.16. The third-order valence-corrected chi connectivity index (χ3v) is 4.21. The minimum absolute atomic E-state index is 0.817. The smallest absolute Gasteiger partial charge is 0.122 e. The molecule has 2 heterocycles. The zero-order valence-corrected chi connectivity index (χ0v) is 11.9. The van der Waals surface area contributed by atoms with Crippen LogP contribution in [0.1, 0.15) is 11.1 Å². The molecule has 3 aromatic rings. The number of nitrogen functional groups attached to an aromatic ring is 1. The van der Waals surface area contributed by atoms with Crippen LogP contribution in [-0.4, -0.2) is 11.2 Å². The highest BCUT2D eigenvalue weighted by atomic mass is 16.5. The topological polar surface area (TPSA) is 40.2 Å². The van der Waals surface area contributed by atoms with Crippen LogP contribution in [0.3, 0.4) is 0 Å². The maximum atomic E-state index is 6.11. The molecule has 106 valence electrons. The minimum Gasteiger partial charge on any atom is -0.493 e. The zero-order valence-electron chi connectivity index (χ0n) is 11.9. The van der Waals surface area contributed by atoms with Gasteiger partial charge in [0.05, 0.1) is 17.8 Å². The summed E-state index contributed by atoms with van der Waals surface area (Å²) in [6.45, 7) is 1.76. The van der Waals surface area contributed by atoms with Crippen molar-refractivity contribution >= 4 is 16.6 Å². The maximum Gasteiger partial charge on any atom is 0.122 e. The molecular weight excluding hydrogens is 260 g/mol. The van der Waals surface area contributed by atoms with Crippen molar-refractivity contribution in [3.05, 3.63) is 59.8 Å². The Kier molecular flexibility index (Phi) is 2.85. The molecular formula is C18H18N2O. The van der Waals surface area contributed by atoms with Gasteiger partial charge >= 0.3 is 0 Å². The molecule has 0 amide bonds. The first kappa shape index (κ1) is 12.3. The van der Waals surface area contributed by atoms with Gasteiger partial charge in [0.25, 0.3) is 0 Å². The third-order valence-electron chi connectivity index (χ3n) is 4.21. The molecule has 0 aliphatic carbocycles. The summed E-state index contributed by atoms with van der Waals surface area (Å²) in [5.41, 5.74) is 10.8. The summed E-state index contributed by atoms with van der Waals surface area (Å²) < 4.78 is 7.80. The van der Waals surface area contributed by atoms with E-state index in [1.165, 1.54) is 16.5 Å². The van der Waals surface area contributed by atoms with E-state index in [9.17, 15) is 0 Å². The maximum absolute atomic E-state index is 6.11. The lowest BCUT2D eigenvalue weighted by atomic mass is 10.1. The van der Waals surface area contributed by atoms with Gasteiger partial charge in [-0.05, 0) is 35.7 Å². The summed E-state index contributed by atoms with van der Waals surface area (Å²) in [5.74, 6) is 1.05. The molecule has 0 spiro atoms. The van der Waals surface area contributed by atoms with Gasteiger partial charge in [0.1, 0.15) is 5.75 Å². The normalized spacial score (nSPS) is 13.3. The molecule has 0 bridgehead atoms. The molecule has 3 nitrogen and oxygen atoms in total. The predicted octanol–water partition coefficient (Wildman–Crippen LogP) is 3.40. The fraction of sp³-hybridized carbons (Fsp3) is 0.222. The molecule has 3 heteroatoms. The molecule has 0 radical (unpaired) electrons. The molecule has 4 rings (SSSR count). The lowest BCUT2D eigenvalue weighted by Gasteiger charge is -2.08. The largest absolute Gasteiger partial charge is 0.493 e. The Morgan fingerprint density at radius 1 is 1.14 bits per heavy atom. The molecule has 0 unspecified atom stereocenters. The standard InChI is InChI=1S/C18H18N2O/c19-16-3-1-2-14-7-10-20(18(14)16)9-6-13-4-5-17-15(12-13)8-11-21-17/h1-5,7,10,12H,6,8-9,11,19H2. The number of aromatic nitrogens is 1. The van der Waals surface area contributed by atoms with E-state index in [2.05, 4.69) is 41.1 Å². The van der Waals surface area contributed by atoms with E-state index in [1.54, 1.807) is 0 Å². The number of rotatable bonds is 3. The van der Waals surface area contributed by atoms with Gasteiger partial charge in [-0.15, -0.1) is 0 Å². The van der Waals surface area contributed by atoms with Gasteiger partial charge in [-0.3, -0.25) is 0 Å². The number of nitrogens with two attached hydrogens (primary N) is 1.